The highest BCUT2D eigenvalue weighted by Crippen LogP contribution is 2.04. The second-order valence-corrected chi connectivity index (χ2v) is 11.0. The normalized spacial score (nSPS) is 14.1. The Morgan fingerprint density at radius 2 is 0.940 bits per heavy atom. The molecular weight excluding hydrogens is 664 g/mol. The molecule has 50 heavy (non-hydrogen) atoms. The Morgan fingerprint density at radius 3 is 1.34 bits per heavy atom. The number of carbonyl (C=O) groups is 8. The number of aliphatic imine (C=N–C) groups is 2. The molecule has 0 radical (unpaired) electrons. The first-order valence-corrected chi connectivity index (χ1v) is 15.4. The van der Waals surface area contributed by atoms with Crippen molar-refractivity contribution >= 4 is 59.2 Å². The average molecular weight is 715 g/mol. The van der Waals surface area contributed by atoms with Gasteiger partial charge in [0.25, 0.3) is 0 Å². The summed E-state index contributed by atoms with van der Waals surface area (Å²) in [5, 5.41) is 23.7. The summed E-state index contributed by atoms with van der Waals surface area (Å²) in [4.78, 5) is 106. The highest BCUT2D eigenvalue weighted by molar-refractivity contribution is 5.97. The fourth-order valence-electron chi connectivity index (χ4n) is 3.95. The number of carbonyl (C=O) groups excluding carboxylic acids is 7. The SMILES string of the molecule is CC(NC(=O)C(C)NC(=O)C(CC(N)=O)NC(=O)CN)C(=O)NC(C)C(=O)NC(CCCN=C(N)N)C(=O)NC(CCCN=C(N)N)C(=O)O. The first-order chi connectivity index (χ1) is 23.3. The van der Waals surface area contributed by atoms with E-state index in [2.05, 4.69) is 41.9 Å². The summed E-state index contributed by atoms with van der Waals surface area (Å²) in [6.45, 7) is 3.62. The van der Waals surface area contributed by atoms with Gasteiger partial charge in [-0.3, -0.25) is 43.5 Å². The van der Waals surface area contributed by atoms with Crippen molar-refractivity contribution < 1.29 is 43.5 Å². The quantitative estimate of drug-likeness (QED) is 0.0266. The maximum absolute atomic E-state index is 13.1. The van der Waals surface area contributed by atoms with Gasteiger partial charge < -0.3 is 71.4 Å². The number of carboxylic acid groups (broad SMARTS) is 1. The number of rotatable bonds is 23. The van der Waals surface area contributed by atoms with Gasteiger partial charge in [0.05, 0.1) is 13.0 Å². The summed E-state index contributed by atoms with van der Waals surface area (Å²) < 4.78 is 0. The van der Waals surface area contributed by atoms with Crippen LogP contribution in [0.4, 0.5) is 0 Å². The van der Waals surface area contributed by atoms with Crippen molar-refractivity contribution in [1.82, 2.24) is 31.9 Å². The van der Waals surface area contributed by atoms with E-state index in [4.69, 9.17) is 34.4 Å². The zero-order valence-electron chi connectivity index (χ0n) is 28.2. The average Bonchev–Trinajstić information content (AvgIpc) is 3.02. The van der Waals surface area contributed by atoms with E-state index in [0.717, 1.165) is 0 Å². The fraction of sp³-hybridized carbons (Fsp3) is 0.630. The largest absolute Gasteiger partial charge is 0.480 e. The highest BCUT2D eigenvalue weighted by Gasteiger charge is 2.30. The summed E-state index contributed by atoms with van der Waals surface area (Å²) in [5.41, 5.74) is 31.5. The van der Waals surface area contributed by atoms with Crippen molar-refractivity contribution in [2.24, 2.45) is 44.4 Å². The van der Waals surface area contributed by atoms with E-state index in [1.165, 1.54) is 20.8 Å². The highest BCUT2D eigenvalue weighted by atomic mass is 16.4. The topological polar surface area (TPSA) is 410 Å². The van der Waals surface area contributed by atoms with Gasteiger partial charge in [-0.15, -0.1) is 0 Å². The molecule has 0 aliphatic carbocycles. The Hall–Kier alpha value is -5.74. The Labute approximate surface area is 287 Å². The summed E-state index contributed by atoms with van der Waals surface area (Å²) in [6.07, 6.45) is -0.169. The molecule has 19 N–H and O–H groups in total. The third-order valence-electron chi connectivity index (χ3n) is 6.64. The van der Waals surface area contributed by atoms with E-state index >= 15 is 0 Å². The van der Waals surface area contributed by atoms with Crippen molar-refractivity contribution in [1.29, 1.82) is 0 Å². The van der Waals surface area contributed by atoms with Crippen LogP contribution in [0, 0.1) is 0 Å². The molecule has 0 aliphatic rings. The molecule has 0 bridgehead atoms. The van der Waals surface area contributed by atoms with E-state index in [1.807, 2.05) is 0 Å². The summed E-state index contributed by atoms with van der Waals surface area (Å²) in [7, 11) is 0. The fourth-order valence-corrected chi connectivity index (χ4v) is 3.95. The molecule has 0 saturated heterocycles. The lowest BCUT2D eigenvalue weighted by atomic mass is 10.1. The van der Waals surface area contributed by atoms with Gasteiger partial charge in [0.1, 0.15) is 36.3 Å². The Balaban J connectivity index is 5.42. The maximum Gasteiger partial charge on any atom is 0.326 e. The van der Waals surface area contributed by atoms with Crippen molar-refractivity contribution in [2.45, 2.75) is 89.1 Å². The van der Waals surface area contributed by atoms with E-state index in [0.29, 0.717) is 0 Å². The smallest absolute Gasteiger partial charge is 0.326 e. The molecule has 0 aromatic carbocycles. The zero-order chi connectivity index (χ0) is 38.6. The molecule has 0 aromatic heterocycles. The van der Waals surface area contributed by atoms with Gasteiger partial charge >= 0.3 is 5.97 Å². The van der Waals surface area contributed by atoms with Crippen LogP contribution >= 0.6 is 0 Å². The minimum atomic E-state index is -1.40. The van der Waals surface area contributed by atoms with Gasteiger partial charge in [0, 0.05) is 13.1 Å². The van der Waals surface area contributed by atoms with Crippen LogP contribution in [0.2, 0.25) is 0 Å². The van der Waals surface area contributed by atoms with Gasteiger partial charge in [-0.05, 0) is 46.5 Å². The predicted octanol–water partition coefficient (Wildman–Crippen LogP) is -7.02. The lowest BCUT2D eigenvalue weighted by Gasteiger charge is -2.24. The van der Waals surface area contributed by atoms with Crippen molar-refractivity contribution in [2.75, 3.05) is 19.6 Å². The molecule has 0 saturated carbocycles. The van der Waals surface area contributed by atoms with Gasteiger partial charge in [-0.25, -0.2) is 4.79 Å². The van der Waals surface area contributed by atoms with Crippen molar-refractivity contribution in [3.8, 4) is 0 Å². The zero-order valence-corrected chi connectivity index (χ0v) is 28.2. The molecule has 0 heterocycles. The lowest BCUT2D eigenvalue weighted by Crippen LogP contribution is -2.58. The molecule has 7 amide bonds. The number of aliphatic carboxylic acids is 1. The summed E-state index contributed by atoms with van der Waals surface area (Å²) >= 11 is 0. The number of nitrogens with one attached hydrogen (secondary N) is 6. The molecule has 282 valence electrons. The van der Waals surface area contributed by atoms with Crippen LogP contribution in [0.3, 0.4) is 0 Å². The molecule has 0 spiro atoms. The molecule has 23 heteroatoms. The van der Waals surface area contributed by atoms with Gasteiger partial charge in [-0.1, -0.05) is 0 Å². The monoisotopic (exact) mass is 714 g/mol. The van der Waals surface area contributed by atoms with Gasteiger partial charge in [-0.2, -0.15) is 0 Å². The van der Waals surface area contributed by atoms with Crippen LogP contribution in [0.1, 0.15) is 52.9 Å². The number of hydrogen-bond donors (Lipinski definition) is 13. The summed E-state index contributed by atoms with van der Waals surface area (Å²) in [6, 6.07) is -7.72. The first kappa shape index (κ1) is 44.3. The Kier molecular flexibility index (Phi) is 20.1. The number of nitrogens with two attached hydrogens (primary N) is 6. The van der Waals surface area contributed by atoms with E-state index in [9.17, 15) is 43.5 Å². The maximum atomic E-state index is 13.1. The third-order valence-corrected chi connectivity index (χ3v) is 6.64. The Bertz CT molecular complexity index is 1280. The van der Waals surface area contributed by atoms with Crippen LogP contribution in [0.5, 0.6) is 0 Å². The second-order valence-electron chi connectivity index (χ2n) is 11.0. The second kappa shape index (κ2) is 22.8. The molecule has 6 atom stereocenters. The molecule has 0 aliphatic heterocycles. The van der Waals surface area contributed by atoms with Crippen LogP contribution in [0.15, 0.2) is 9.98 Å². The molecule has 23 nitrogen and oxygen atoms in total. The Morgan fingerprint density at radius 1 is 0.560 bits per heavy atom. The van der Waals surface area contributed by atoms with Crippen LogP contribution in [-0.2, 0) is 38.4 Å². The van der Waals surface area contributed by atoms with Crippen molar-refractivity contribution in [3.05, 3.63) is 0 Å². The lowest BCUT2D eigenvalue weighted by molar-refractivity contribution is -0.142. The number of guanidine groups is 2. The van der Waals surface area contributed by atoms with Crippen LogP contribution in [-0.4, -0.2) is 120 Å². The van der Waals surface area contributed by atoms with E-state index in [1.54, 1.807) is 0 Å². The number of nitrogens with zero attached hydrogens (tertiary/aromatic N) is 2. The van der Waals surface area contributed by atoms with Crippen molar-refractivity contribution in [3.63, 3.8) is 0 Å². The van der Waals surface area contributed by atoms with Gasteiger partial charge in [0.2, 0.25) is 41.4 Å². The predicted molar refractivity (Wildman–Crippen MR) is 179 cm³/mol. The molecular formula is C27H50N14O9. The number of carboxylic acids is 1. The standard InChI is InChI=1S/C27H50N14O9/c1-12(36-21(45)13(2)38-24(48)17(10-18(29)42)39-19(43)11-28)20(44)37-14(3)22(46)40-15(6-4-8-34-26(30)31)23(47)41-16(25(49)50)7-5-9-35-27(32)33/h12-17H,4-11,28H2,1-3H3,(H2,29,42)(H,36,45)(H,37,44)(H,38,48)(H,39,43)(H,40,46)(H,41,47)(H,49,50)(H4,30,31,34)(H4,32,33,35). The minimum absolute atomic E-state index is 0.0123. The molecule has 6 unspecified atom stereocenters. The molecule has 0 rings (SSSR count). The molecule has 0 aromatic rings. The molecule has 0 fully saturated rings. The van der Waals surface area contributed by atoms with Gasteiger partial charge in [0.15, 0.2) is 11.9 Å². The first-order valence-electron chi connectivity index (χ1n) is 15.4. The van der Waals surface area contributed by atoms with E-state index < -0.39 is 96.5 Å². The number of amides is 7. The van der Waals surface area contributed by atoms with E-state index in [-0.39, 0.29) is 50.7 Å². The van der Waals surface area contributed by atoms with Crippen LogP contribution in [0.25, 0.3) is 0 Å². The summed E-state index contributed by atoms with van der Waals surface area (Å²) in [5.74, 6) is -7.55. The number of hydrogen-bond acceptors (Lipinski definition) is 11. The number of primary amides is 1. The van der Waals surface area contributed by atoms with Crippen LogP contribution < -0.4 is 66.3 Å². The minimum Gasteiger partial charge on any atom is -0.480 e. The third kappa shape index (κ3) is 18.6.